The van der Waals surface area contributed by atoms with Gasteiger partial charge in [-0.25, -0.2) is 4.98 Å². The Morgan fingerprint density at radius 2 is 2.00 bits per heavy atom. The minimum atomic E-state index is 0.00574. The van der Waals surface area contributed by atoms with Crippen molar-refractivity contribution in [2.45, 2.75) is 38.8 Å². The standard InChI is InChI=1S/C24H29BrN4O2/c1-31-16-20-12-21(25)14-29-15-22(27-23(20)29)24(30)28-9-4-5-17(8-10-28)11-18-6-2-3-7-19(18)13-26/h2-3,6-7,12,14-15,17H,4-5,8-11,13,16,26H2,1H3. The van der Waals surface area contributed by atoms with Gasteiger partial charge in [0.05, 0.1) is 6.61 Å². The van der Waals surface area contributed by atoms with Gasteiger partial charge in [-0.15, -0.1) is 0 Å². The highest BCUT2D eigenvalue weighted by molar-refractivity contribution is 9.10. The van der Waals surface area contributed by atoms with E-state index >= 15 is 0 Å². The third-order valence-electron chi connectivity index (χ3n) is 6.09. The van der Waals surface area contributed by atoms with Gasteiger partial charge in [-0.3, -0.25) is 4.79 Å². The molecule has 0 saturated carbocycles. The molecule has 0 spiro atoms. The smallest absolute Gasteiger partial charge is 0.274 e. The maximum Gasteiger partial charge on any atom is 0.274 e. The molecule has 1 fully saturated rings. The molecule has 6 nitrogen and oxygen atoms in total. The summed E-state index contributed by atoms with van der Waals surface area (Å²) in [6.07, 6.45) is 7.90. The van der Waals surface area contributed by atoms with Crippen molar-refractivity contribution in [3.8, 4) is 0 Å². The van der Waals surface area contributed by atoms with Crippen LogP contribution in [0.1, 0.15) is 46.4 Å². The number of ether oxygens (including phenoxy) is 1. The molecule has 0 aliphatic carbocycles. The average molecular weight is 485 g/mol. The first-order chi connectivity index (χ1) is 15.1. The second kappa shape index (κ2) is 9.94. The molecule has 31 heavy (non-hydrogen) atoms. The van der Waals surface area contributed by atoms with Crippen molar-refractivity contribution in [3.05, 3.63) is 69.6 Å². The zero-order valence-corrected chi connectivity index (χ0v) is 19.5. The molecule has 3 heterocycles. The molecule has 164 valence electrons. The van der Waals surface area contributed by atoms with Gasteiger partial charge in [0.15, 0.2) is 0 Å². The van der Waals surface area contributed by atoms with Gasteiger partial charge in [0.2, 0.25) is 0 Å². The molecular formula is C24H29BrN4O2. The van der Waals surface area contributed by atoms with Crippen LogP contribution in [0.15, 0.2) is 47.2 Å². The second-order valence-electron chi connectivity index (χ2n) is 8.24. The lowest BCUT2D eigenvalue weighted by Crippen LogP contribution is -2.32. The number of benzene rings is 1. The van der Waals surface area contributed by atoms with Crippen LogP contribution in [0.25, 0.3) is 5.65 Å². The highest BCUT2D eigenvalue weighted by Crippen LogP contribution is 2.25. The fourth-order valence-corrected chi connectivity index (χ4v) is 4.99. The second-order valence-corrected chi connectivity index (χ2v) is 9.16. The number of methoxy groups -OCH3 is 1. The summed E-state index contributed by atoms with van der Waals surface area (Å²) in [7, 11) is 1.66. The molecule has 0 radical (unpaired) electrons. The van der Waals surface area contributed by atoms with E-state index in [1.165, 1.54) is 11.1 Å². The topological polar surface area (TPSA) is 72.9 Å². The normalized spacial score (nSPS) is 17.1. The van der Waals surface area contributed by atoms with Crippen LogP contribution in [-0.2, 0) is 24.3 Å². The molecule has 1 aliphatic heterocycles. The predicted octanol–water partition coefficient (Wildman–Crippen LogP) is 4.19. The number of aromatic nitrogens is 2. The van der Waals surface area contributed by atoms with Gasteiger partial charge in [-0.1, -0.05) is 24.3 Å². The van der Waals surface area contributed by atoms with Gasteiger partial charge in [0, 0.05) is 49.2 Å². The number of carbonyl (C=O) groups excluding carboxylic acids is 1. The summed E-state index contributed by atoms with van der Waals surface area (Å²) in [5.41, 5.74) is 10.7. The van der Waals surface area contributed by atoms with Crippen molar-refractivity contribution >= 4 is 27.5 Å². The third-order valence-corrected chi connectivity index (χ3v) is 6.53. The first-order valence-corrected chi connectivity index (χ1v) is 11.6. The van der Waals surface area contributed by atoms with Crippen LogP contribution in [0.4, 0.5) is 0 Å². The van der Waals surface area contributed by atoms with Crippen molar-refractivity contribution < 1.29 is 9.53 Å². The highest BCUT2D eigenvalue weighted by Gasteiger charge is 2.24. The molecule has 1 amide bonds. The summed E-state index contributed by atoms with van der Waals surface area (Å²) in [5, 5.41) is 0. The van der Waals surface area contributed by atoms with Crippen LogP contribution in [0.3, 0.4) is 0 Å². The lowest BCUT2D eigenvalue weighted by atomic mass is 9.90. The summed E-state index contributed by atoms with van der Waals surface area (Å²) in [5.74, 6) is 0.571. The number of carbonyl (C=O) groups is 1. The number of imidazole rings is 1. The molecule has 1 aromatic carbocycles. The third kappa shape index (κ3) is 5.00. The Bertz CT molecular complexity index is 1060. The average Bonchev–Trinajstić information content (AvgIpc) is 3.06. The van der Waals surface area contributed by atoms with Crippen molar-refractivity contribution in [2.75, 3.05) is 20.2 Å². The van der Waals surface area contributed by atoms with Crippen molar-refractivity contribution in [3.63, 3.8) is 0 Å². The Labute approximate surface area is 191 Å². The predicted molar refractivity (Wildman–Crippen MR) is 125 cm³/mol. The Kier molecular flexibility index (Phi) is 7.05. The lowest BCUT2D eigenvalue weighted by Gasteiger charge is -2.20. The summed E-state index contributed by atoms with van der Waals surface area (Å²) in [4.78, 5) is 19.8. The Hall–Kier alpha value is -2.22. The number of rotatable bonds is 6. The van der Waals surface area contributed by atoms with Gasteiger partial charge < -0.3 is 19.8 Å². The van der Waals surface area contributed by atoms with Crippen LogP contribution >= 0.6 is 15.9 Å². The number of hydrogen-bond donors (Lipinski definition) is 1. The molecule has 1 atom stereocenters. The Morgan fingerprint density at radius 3 is 2.77 bits per heavy atom. The van der Waals surface area contributed by atoms with Crippen LogP contribution in [-0.4, -0.2) is 40.4 Å². The number of hydrogen-bond acceptors (Lipinski definition) is 4. The molecule has 7 heteroatoms. The van der Waals surface area contributed by atoms with Gasteiger partial charge >= 0.3 is 0 Å². The van der Waals surface area contributed by atoms with Crippen molar-refractivity contribution in [1.82, 2.24) is 14.3 Å². The van der Waals surface area contributed by atoms with Crippen molar-refractivity contribution in [2.24, 2.45) is 11.7 Å². The van der Waals surface area contributed by atoms with E-state index in [1.54, 1.807) is 7.11 Å². The van der Waals surface area contributed by atoms with Crippen LogP contribution < -0.4 is 5.73 Å². The molecule has 4 rings (SSSR count). The number of halogens is 1. The van der Waals surface area contributed by atoms with E-state index in [2.05, 4.69) is 39.1 Å². The molecule has 2 aromatic heterocycles. The molecule has 3 aromatic rings. The number of fused-ring (bicyclic) bond motifs is 1. The Balaban J connectivity index is 1.47. The molecule has 1 aliphatic rings. The molecule has 1 unspecified atom stereocenters. The zero-order chi connectivity index (χ0) is 21.8. The Morgan fingerprint density at radius 1 is 1.19 bits per heavy atom. The van der Waals surface area contributed by atoms with Gasteiger partial charge in [0.25, 0.3) is 5.91 Å². The van der Waals surface area contributed by atoms with E-state index in [0.29, 0.717) is 24.8 Å². The number of pyridine rings is 1. The van der Waals surface area contributed by atoms with Crippen LogP contribution in [0.2, 0.25) is 0 Å². The highest BCUT2D eigenvalue weighted by atomic mass is 79.9. The first kappa shape index (κ1) is 22.0. The van der Waals surface area contributed by atoms with E-state index < -0.39 is 0 Å². The van der Waals surface area contributed by atoms with Gasteiger partial charge in [-0.05, 0) is 64.7 Å². The molecular weight excluding hydrogens is 456 g/mol. The van der Waals surface area contributed by atoms with E-state index in [4.69, 9.17) is 10.5 Å². The minimum absolute atomic E-state index is 0.00574. The quantitative estimate of drug-likeness (QED) is 0.569. The number of amides is 1. The van der Waals surface area contributed by atoms with Crippen LogP contribution in [0.5, 0.6) is 0 Å². The largest absolute Gasteiger partial charge is 0.380 e. The maximum absolute atomic E-state index is 13.2. The summed E-state index contributed by atoms with van der Waals surface area (Å²) in [6, 6.07) is 10.4. The molecule has 0 bridgehead atoms. The molecule has 2 N–H and O–H groups in total. The lowest BCUT2D eigenvalue weighted by molar-refractivity contribution is 0.0755. The van der Waals surface area contributed by atoms with Crippen molar-refractivity contribution in [1.29, 1.82) is 0 Å². The van der Waals surface area contributed by atoms with Crippen LogP contribution in [0, 0.1) is 5.92 Å². The summed E-state index contributed by atoms with van der Waals surface area (Å²) >= 11 is 3.52. The van der Waals surface area contributed by atoms with E-state index in [1.807, 2.05) is 33.8 Å². The van der Waals surface area contributed by atoms with Gasteiger partial charge in [-0.2, -0.15) is 0 Å². The zero-order valence-electron chi connectivity index (χ0n) is 17.9. The number of nitrogens with zero attached hydrogens (tertiary/aromatic N) is 3. The summed E-state index contributed by atoms with van der Waals surface area (Å²) < 4.78 is 8.12. The fraction of sp³-hybridized carbons (Fsp3) is 0.417. The van der Waals surface area contributed by atoms with E-state index in [0.717, 1.165) is 54.5 Å². The number of nitrogens with two attached hydrogens (primary N) is 1. The van der Waals surface area contributed by atoms with E-state index in [9.17, 15) is 4.79 Å². The van der Waals surface area contributed by atoms with E-state index in [-0.39, 0.29) is 5.91 Å². The first-order valence-electron chi connectivity index (χ1n) is 10.8. The number of likely N-dealkylation sites (tertiary alicyclic amines) is 1. The fourth-order valence-electron chi connectivity index (χ4n) is 4.50. The SMILES string of the molecule is COCc1cc(Br)cn2cc(C(=O)N3CCCC(Cc4ccccc4CN)CC3)nc12. The maximum atomic E-state index is 13.2. The summed E-state index contributed by atoms with van der Waals surface area (Å²) in [6.45, 7) is 2.55. The van der Waals surface area contributed by atoms with Gasteiger partial charge in [0.1, 0.15) is 11.3 Å². The molecule has 1 saturated heterocycles. The monoisotopic (exact) mass is 484 g/mol. The minimum Gasteiger partial charge on any atom is -0.380 e.